The van der Waals surface area contributed by atoms with Gasteiger partial charge in [0.2, 0.25) is 10.0 Å². The smallest absolute Gasteiger partial charge is 0.235 e. The fraction of sp³-hybridized carbons (Fsp3) is 0.318. The highest BCUT2D eigenvalue weighted by molar-refractivity contribution is 7.93. The third-order valence-electron chi connectivity index (χ3n) is 5.54. The third-order valence-corrected chi connectivity index (χ3v) is 7.41. The Kier molecular flexibility index (Phi) is 5.08. The van der Waals surface area contributed by atoms with Crippen LogP contribution in [-0.2, 0) is 16.6 Å². The second kappa shape index (κ2) is 7.53. The van der Waals surface area contributed by atoms with E-state index in [1.807, 2.05) is 30.5 Å². The van der Waals surface area contributed by atoms with Crippen LogP contribution in [0.4, 0.5) is 5.69 Å². The molecule has 146 valence electrons. The Labute approximate surface area is 166 Å². The molecule has 3 aromatic rings. The van der Waals surface area contributed by atoms with Crippen LogP contribution >= 0.6 is 0 Å². The van der Waals surface area contributed by atoms with Crippen molar-refractivity contribution in [3.05, 3.63) is 71.9 Å². The van der Waals surface area contributed by atoms with Gasteiger partial charge in [0.1, 0.15) is 0 Å². The summed E-state index contributed by atoms with van der Waals surface area (Å²) < 4.78 is 26.0. The zero-order valence-corrected chi connectivity index (χ0v) is 17.1. The fourth-order valence-corrected chi connectivity index (χ4v) is 5.38. The lowest BCUT2D eigenvalue weighted by molar-refractivity contribution is 0.254. The zero-order valence-electron chi connectivity index (χ0n) is 16.2. The van der Waals surface area contributed by atoms with Gasteiger partial charge in [-0.1, -0.05) is 36.4 Å². The number of pyridine rings is 1. The summed E-state index contributed by atoms with van der Waals surface area (Å²) >= 11 is 0. The Balaban J connectivity index is 1.57. The van der Waals surface area contributed by atoms with Gasteiger partial charge in [0.15, 0.2) is 0 Å². The van der Waals surface area contributed by atoms with E-state index >= 15 is 0 Å². The Hall–Kier alpha value is -2.44. The first-order valence-electron chi connectivity index (χ1n) is 9.59. The van der Waals surface area contributed by atoms with Gasteiger partial charge in [0, 0.05) is 30.7 Å². The zero-order chi connectivity index (χ0) is 19.7. The molecular formula is C22H25N3O2S. The van der Waals surface area contributed by atoms with Crippen LogP contribution in [0.2, 0.25) is 0 Å². The number of rotatable bonds is 5. The molecule has 0 bridgehead atoms. The van der Waals surface area contributed by atoms with Crippen molar-refractivity contribution in [2.75, 3.05) is 23.7 Å². The maximum atomic E-state index is 12.3. The molecule has 1 fully saturated rings. The minimum Gasteiger partial charge on any atom is -0.295 e. The molecule has 0 saturated carbocycles. The maximum Gasteiger partial charge on any atom is 0.235 e. The van der Waals surface area contributed by atoms with E-state index in [1.54, 1.807) is 0 Å². The fourth-order valence-electron chi connectivity index (χ4n) is 3.82. The second-order valence-corrected chi connectivity index (χ2v) is 9.43. The second-order valence-electron chi connectivity index (χ2n) is 7.42. The van der Waals surface area contributed by atoms with Gasteiger partial charge < -0.3 is 0 Å². The Morgan fingerprint density at radius 1 is 1.14 bits per heavy atom. The van der Waals surface area contributed by atoms with Crippen molar-refractivity contribution in [3.63, 3.8) is 0 Å². The van der Waals surface area contributed by atoms with Crippen LogP contribution in [0.15, 0.2) is 60.8 Å². The van der Waals surface area contributed by atoms with E-state index in [0.717, 1.165) is 28.7 Å². The Morgan fingerprint density at radius 2 is 1.93 bits per heavy atom. The van der Waals surface area contributed by atoms with Crippen LogP contribution in [0, 0.1) is 0 Å². The number of sulfonamides is 1. The first kappa shape index (κ1) is 18.9. The van der Waals surface area contributed by atoms with Gasteiger partial charge in [-0.25, -0.2) is 8.42 Å². The normalized spacial score (nSPS) is 17.3. The van der Waals surface area contributed by atoms with E-state index in [-0.39, 0.29) is 11.8 Å². The molecule has 0 amide bonds. The molecule has 1 aliphatic rings. The Bertz CT molecular complexity index is 1090. The predicted octanol–water partition coefficient (Wildman–Crippen LogP) is 3.97. The summed E-state index contributed by atoms with van der Waals surface area (Å²) in [6.45, 7) is 3.48. The van der Waals surface area contributed by atoms with E-state index in [1.165, 1.54) is 9.87 Å². The van der Waals surface area contributed by atoms with E-state index < -0.39 is 10.0 Å². The molecule has 4 rings (SSSR count). The van der Waals surface area contributed by atoms with Crippen LogP contribution in [0.5, 0.6) is 0 Å². The lowest BCUT2D eigenvalue weighted by Gasteiger charge is -2.27. The van der Waals surface area contributed by atoms with Gasteiger partial charge in [-0.15, -0.1) is 0 Å². The number of hydrogen-bond acceptors (Lipinski definition) is 4. The molecule has 0 N–H and O–H groups in total. The van der Waals surface area contributed by atoms with E-state index in [2.05, 4.69) is 54.2 Å². The van der Waals surface area contributed by atoms with Gasteiger partial charge >= 0.3 is 0 Å². The summed E-state index contributed by atoms with van der Waals surface area (Å²) in [7, 11) is -1.08. The molecule has 1 atom stereocenters. The van der Waals surface area contributed by atoms with E-state index in [9.17, 15) is 8.42 Å². The summed E-state index contributed by atoms with van der Waals surface area (Å²) in [6.07, 6.45) is 2.52. The summed E-state index contributed by atoms with van der Waals surface area (Å²) in [6, 6.07) is 18.3. The van der Waals surface area contributed by atoms with Crippen LogP contribution in [0.3, 0.4) is 0 Å². The molecule has 0 aliphatic carbocycles. The molecule has 1 aromatic heterocycles. The minimum absolute atomic E-state index is 0.143. The number of aromatic nitrogens is 1. The summed E-state index contributed by atoms with van der Waals surface area (Å²) in [5.74, 6) is 0.237. The number of fused-ring (bicyclic) bond motifs is 1. The van der Waals surface area contributed by atoms with Gasteiger partial charge in [0.25, 0.3) is 0 Å². The van der Waals surface area contributed by atoms with Crippen molar-refractivity contribution < 1.29 is 8.42 Å². The molecular weight excluding hydrogens is 370 g/mol. The molecule has 0 radical (unpaired) electrons. The molecule has 1 saturated heterocycles. The SMILES string of the molecule is CC(c1cccc(N2CCCS2(=O)=O)c1)N(C)Cc1cccc2cccnc12. The van der Waals surface area contributed by atoms with Crippen molar-refractivity contribution >= 4 is 26.6 Å². The number of anilines is 1. The van der Waals surface area contributed by atoms with Gasteiger partial charge in [-0.05, 0) is 49.7 Å². The highest BCUT2D eigenvalue weighted by Crippen LogP contribution is 2.29. The quantitative estimate of drug-likeness (QED) is 0.656. The monoisotopic (exact) mass is 395 g/mol. The molecule has 2 aromatic carbocycles. The average Bonchev–Trinajstić information content (AvgIpc) is 3.07. The van der Waals surface area contributed by atoms with Crippen molar-refractivity contribution in [2.45, 2.75) is 25.9 Å². The largest absolute Gasteiger partial charge is 0.295 e. The maximum absolute atomic E-state index is 12.3. The molecule has 0 spiro atoms. The lowest BCUT2D eigenvalue weighted by atomic mass is 10.0. The molecule has 28 heavy (non-hydrogen) atoms. The van der Waals surface area contributed by atoms with Crippen LogP contribution in [0.25, 0.3) is 10.9 Å². The average molecular weight is 396 g/mol. The van der Waals surface area contributed by atoms with E-state index in [0.29, 0.717) is 13.0 Å². The predicted molar refractivity (Wildman–Crippen MR) is 114 cm³/mol. The van der Waals surface area contributed by atoms with E-state index in [4.69, 9.17) is 0 Å². The van der Waals surface area contributed by atoms with Gasteiger partial charge in [-0.3, -0.25) is 14.2 Å². The minimum atomic E-state index is -3.16. The van der Waals surface area contributed by atoms with Crippen molar-refractivity contribution in [1.29, 1.82) is 0 Å². The third kappa shape index (κ3) is 3.62. The summed E-state index contributed by atoms with van der Waals surface area (Å²) in [5.41, 5.74) is 4.09. The number of para-hydroxylation sites is 1. The highest BCUT2D eigenvalue weighted by Gasteiger charge is 2.28. The van der Waals surface area contributed by atoms with Gasteiger partial charge in [0.05, 0.1) is 17.0 Å². The molecule has 2 heterocycles. The van der Waals surface area contributed by atoms with Gasteiger partial charge in [-0.2, -0.15) is 0 Å². The highest BCUT2D eigenvalue weighted by atomic mass is 32.2. The van der Waals surface area contributed by atoms with Crippen molar-refractivity contribution in [3.8, 4) is 0 Å². The summed E-state index contributed by atoms with van der Waals surface area (Å²) in [5, 5.41) is 1.14. The van der Waals surface area contributed by atoms with Crippen LogP contribution < -0.4 is 4.31 Å². The first-order chi connectivity index (χ1) is 13.5. The first-order valence-corrected chi connectivity index (χ1v) is 11.2. The number of hydrogen-bond donors (Lipinski definition) is 0. The number of benzene rings is 2. The lowest BCUT2D eigenvalue weighted by Crippen LogP contribution is -2.26. The van der Waals surface area contributed by atoms with Crippen LogP contribution in [0.1, 0.15) is 30.5 Å². The standard InChI is InChI=1S/C22H25N3O2S/c1-17(19-8-4-11-21(15-19)25-13-6-14-28(25,26)27)24(2)16-20-9-3-7-18-10-5-12-23-22(18)20/h3-5,7-12,15,17H,6,13-14,16H2,1-2H3. The Morgan fingerprint density at radius 3 is 2.71 bits per heavy atom. The van der Waals surface area contributed by atoms with Crippen molar-refractivity contribution in [2.24, 2.45) is 0 Å². The topological polar surface area (TPSA) is 53.5 Å². The molecule has 1 unspecified atom stereocenters. The molecule has 1 aliphatic heterocycles. The number of nitrogens with zero attached hydrogens (tertiary/aromatic N) is 3. The molecule has 6 heteroatoms. The van der Waals surface area contributed by atoms with Crippen LogP contribution in [-0.4, -0.2) is 37.6 Å². The molecule has 5 nitrogen and oxygen atoms in total. The summed E-state index contributed by atoms with van der Waals surface area (Å²) in [4.78, 5) is 6.81. The van der Waals surface area contributed by atoms with Crippen molar-refractivity contribution in [1.82, 2.24) is 9.88 Å².